The lowest BCUT2D eigenvalue weighted by atomic mass is 9.85. The molecule has 0 fully saturated rings. The molecule has 1 aromatic heterocycles. The van der Waals surface area contributed by atoms with Crippen molar-refractivity contribution in [2.45, 2.75) is 0 Å². The number of thiophene rings is 1. The van der Waals surface area contributed by atoms with Crippen molar-refractivity contribution in [2.24, 2.45) is 0 Å². The maximum atomic E-state index is 13.2. The predicted octanol–water partition coefficient (Wildman–Crippen LogP) is 3.25. The Labute approximate surface area is 163 Å². The Morgan fingerprint density at radius 1 is 0.929 bits per heavy atom. The zero-order valence-corrected chi connectivity index (χ0v) is 15.3. The molecule has 1 aliphatic carbocycles. The van der Waals surface area contributed by atoms with Gasteiger partial charge in [0.15, 0.2) is 11.6 Å². The molecule has 6 nitrogen and oxygen atoms in total. The topological polar surface area (TPSA) is 97.7 Å². The zero-order valence-electron chi connectivity index (χ0n) is 14.5. The third-order valence-electron chi connectivity index (χ3n) is 4.50. The number of aromatic hydroxyl groups is 1. The lowest BCUT2D eigenvalue weighted by molar-refractivity contribution is 0.0603. The number of carbonyl (C=O) groups is 4. The Morgan fingerprint density at radius 3 is 2.18 bits per heavy atom. The van der Waals surface area contributed by atoms with Gasteiger partial charge in [0.05, 0.1) is 28.7 Å². The van der Waals surface area contributed by atoms with E-state index in [0.29, 0.717) is 0 Å². The molecular formula is C21H12O6S. The fourth-order valence-electron chi connectivity index (χ4n) is 3.20. The molecule has 7 heteroatoms. The van der Waals surface area contributed by atoms with Crippen molar-refractivity contribution < 1.29 is 29.0 Å². The molecule has 0 bridgehead atoms. The third-order valence-corrected chi connectivity index (χ3v) is 5.67. The Balaban J connectivity index is 2.02. The van der Waals surface area contributed by atoms with E-state index >= 15 is 0 Å². The van der Waals surface area contributed by atoms with Gasteiger partial charge in [0.1, 0.15) is 10.6 Å². The minimum Gasteiger partial charge on any atom is -0.507 e. The first-order valence-corrected chi connectivity index (χ1v) is 9.03. The summed E-state index contributed by atoms with van der Waals surface area (Å²) < 4.78 is 4.75. The van der Waals surface area contributed by atoms with Gasteiger partial charge in [0.2, 0.25) is 5.78 Å². The molecule has 28 heavy (non-hydrogen) atoms. The molecule has 0 radical (unpaired) electrons. The molecular weight excluding hydrogens is 380 g/mol. The normalized spacial score (nSPS) is 12.3. The Morgan fingerprint density at radius 2 is 1.54 bits per heavy atom. The summed E-state index contributed by atoms with van der Waals surface area (Å²) in [5.41, 5.74) is -0.0318. The number of ketones is 3. The van der Waals surface area contributed by atoms with Gasteiger partial charge < -0.3 is 9.84 Å². The number of esters is 1. The smallest absolute Gasteiger partial charge is 0.348 e. The highest BCUT2D eigenvalue weighted by Gasteiger charge is 2.39. The molecule has 0 spiro atoms. The second kappa shape index (κ2) is 6.54. The number of hydrogen-bond acceptors (Lipinski definition) is 7. The third kappa shape index (κ3) is 2.48. The summed E-state index contributed by atoms with van der Waals surface area (Å²) in [6.45, 7) is 0. The molecule has 0 unspecified atom stereocenters. The van der Waals surface area contributed by atoms with Gasteiger partial charge in [0, 0.05) is 11.1 Å². The van der Waals surface area contributed by atoms with Crippen LogP contribution in [0.1, 0.15) is 56.7 Å². The fourth-order valence-corrected chi connectivity index (χ4v) is 4.36. The van der Waals surface area contributed by atoms with E-state index in [9.17, 15) is 24.3 Å². The molecule has 0 saturated carbocycles. The number of ether oxygens (including phenoxy) is 1. The first kappa shape index (κ1) is 17.8. The van der Waals surface area contributed by atoms with Gasteiger partial charge in [-0.2, -0.15) is 0 Å². The van der Waals surface area contributed by atoms with Crippen LogP contribution >= 0.6 is 11.3 Å². The van der Waals surface area contributed by atoms with Crippen LogP contribution in [0.5, 0.6) is 5.75 Å². The highest BCUT2D eigenvalue weighted by Crippen LogP contribution is 2.39. The summed E-state index contributed by atoms with van der Waals surface area (Å²) in [7, 11) is 1.15. The first-order chi connectivity index (χ1) is 13.5. The molecule has 0 amide bonds. The molecule has 2 aromatic carbocycles. The number of benzene rings is 2. The van der Waals surface area contributed by atoms with Gasteiger partial charge in [-0.15, -0.1) is 11.3 Å². The molecule has 1 aliphatic rings. The molecule has 1 N–H and O–H groups in total. The lowest BCUT2D eigenvalue weighted by Gasteiger charge is -2.15. The maximum Gasteiger partial charge on any atom is 0.348 e. The Kier molecular flexibility index (Phi) is 4.16. The highest BCUT2D eigenvalue weighted by molar-refractivity contribution is 7.17. The second-order valence-corrected chi connectivity index (χ2v) is 7.07. The molecule has 0 saturated heterocycles. The molecule has 3 aromatic rings. The van der Waals surface area contributed by atoms with Crippen LogP contribution in [0, 0.1) is 0 Å². The summed E-state index contributed by atoms with van der Waals surface area (Å²) in [5.74, 6) is -2.80. The lowest BCUT2D eigenvalue weighted by Crippen LogP contribution is -2.21. The van der Waals surface area contributed by atoms with Crippen LogP contribution in [-0.4, -0.2) is 35.5 Å². The van der Waals surface area contributed by atoms with Crippen LogP contribution < -0.4 is 0 Å². The fraction of sp³-hybridized carbons (Fsp3) is 0.0476. The van der Waals surface area contributed by atoms with Crippen LogP contribution in [0.2, 0.25) is 0 Å². The quantitative estimate of drug-likeness (QED) is 0.425. The number of hydrogen-bond donors (Lipinski definition) is 1. The van der Waals surface area contributed by atoms with E-state index in [1.165, 1.54) is 24.3 Å². The van der Waals surface area contributed by atoms with Gasteiger partial charge in [-0.1, -0.05) is 36.4 Å². The van der Waals surface area contributed by atoms with Crippen molar-refractivity contribution >= 4 is 34.7 Å². The average molecular weight is 392 g/mol. The summed E-state index contributed by atoms with van der Waals surface area (Å²) in [6.07, 6.45) is 0. The summed E-state index contributed by atoms with van der Waals surface area (Å²) >= 11 is 0.752. The van der Waals surface area contributed by atoms with Crippen LogP contribution in [0.3, 0.4) is 0 Å². The van der Waals surface area contributed by atoms with E-state index in [4.69, 9.17) is 4.74 Å². The van der Waals surface area contributed by atoms with E-state index in [2.05, 4.69) is 0 Å². The Bertz CT molecular complexity index is 1190. The number of methoxy groups -OCH3 is 1. The van der Waals surface area contributed by atoms with Crippen molar-refractivity contribution in [2.75, 3.05) is 7.11 Å². The standard InChI is InChI=1S/C21H12O6S/c1-27-21(26)20-15(17(24)12-8-4-5-9-13(12)22)14-16(23)10-6-2-3-7-11(10)18(25)19(14)28-20/h2-9,22H,1H3. The van der Waals surface area contributed by atoms with Gasteiger partial charge in [-0.25, -0.2) is 4.79 Å². The van der Waals surface area contributed by atoms with E-state index in [1.807, 2.05) is 0 Å². The van der Waals surface area contributed by atoms with Crippen LogP contribution in [0.4, 0.5) is 0 Å². The van der Waals surface area contributed by atoms with E-state index in [0.717, 1.165) is 18.4 Å². The summed E-state index contributed by atoms with van der Waals surface area (Å²) in [6, 6.07) is 12.1. The van der Waals surface area contributed by atoms with Crippen LogP contribution in [-0.2, 0) is 4.74 Å². The van der Waals surface area contributed by atoms with Crippen molar-refractivity contribution in [1.82, 2.24) is 0 Å². The monoisotopic (exact) mass is 392 g/mol. The van der Waals surface area contributed by atoms with E-state index in [1.54, 1.807) is 24.3 Å². The average Bonchev–Trinajstić information content (AvgIpc) is 3.12. The number of carbonyl (C=O) groups excluding carboxylic acids is 4. The molecule has 1 heterocycles. The largest absolute Gasteiger partial charge is 0.507 e. The van der Waals surface area contributed by atoms with Crippen molar-refractivity contribution in [3.05, 3.63) is 86.1 Å². The minimum atomic E-state index is -0.831. The predicted molar refractivity (Wildman–Crippen MR) is 101 cm³/mol. The number of phenolic OH excluding ortho intramolecular Hbond substituents is 1. The van der Waals surface area contributed by atoms with Gasteiger partial charge in [-0.3, -0.25) is 14.4 Å². The van der Waals surface area contributed by atoms with Gasteiger partial charge >= 0.3 is 5.97 Å². The van der Waals surface area contributed by atoms with Crippen LogP contribution in [0.15, 0.2) is 48.5 Å². The molecule has 4 rings (SSSR count). The van der Waals surface area contributed by atoms with Crippen molar-refractivity contribution in [1.29, 1.82) is 0 Å². The number of para-hydroxylation sites is 1. The van der Waals surface area contributed by atoms with Gasteiger partial charge in [-0.05, 0) is 12.1 Å². The second-order valence-electron chi connectivity index (χ2n) is 6.05. The van der Waals surface area contributed by atoms with E-state index < -0.39 is 23.3 Å². The van der Waals surface area contributed by atoms with Gasteiger partial charge in [0.25, 0.3) is 0 Å². The first-order valence-electron chi connectivity index (χ1n) is 8.22. The number of rotatable bonds is 3. The molecule has 0 aliphatic heterocycles. The highest BCUT2D eigenvalue weighted by atomic mass is 32.1. The van der Waals surface area contributed by atoms with Crippen molar-refractivity contribution in [3.8, 4) is 5.75 Å². The van der Waals surface area contributed by atoms with Crippen LogP contribution in [0.25, 0.3) is 0 Å². The zero-order chi connectivity index (χ0) is 20.0. The molecule has 0 atom stereocenters. The summed E-state index contributed by atoms with van der Waals surface area (Å²) in [5, 5.41) is 10.1. The number of phenols is 1. The van der Waals surface area contributed by atoms with Crippen molar-refractivity contribution in [3.63, 3.8) is 0 Å². The summed E-state index contributed by atoms with van der Waals surface area (Å²) in [4.78, 5) is 51.4. The Hall–Kier alpha value is -3.58. The van der Waals surface area contributed by atoms with E-state index in [-0.39, 0.29) is 43.3 Å². The SMILES string of the molecule is COC(=O)c1sc2c(c1C(=O)c1ccccc1O)C(=O)c1ccccc1C2=O. The maximum absolute atomic E-state index is 13.2. The number of fused-ring (bicyclic) bond motifs is 2. The minimum absolute atomic E-state index is 0.0165. The molecule has 138 valence electrons.